The van der Waals surface area contributed by atoms with Crippen molar-refractivity contribution >= 4 is 32.6 Å². The molecule has 0 saturated carbocycles. The van der Waals surface area contributed by atoms with E-state index in [0.29, 0.717) is 13.0 Å². The van der Waals surface area contributed by atoms with Crippen molar-refractivity contribution in [1.82, 2.24) is 9.88 Å². The highest BCUT2D eigenvalue weighted by atomic mass is 32.1. The fourth-order valence-electron chi connectivity index (χ4n) is 4.24. The summed E-state index contributed by atoms with van der Waals surface area (Å²) in [6.07, 6.45) is 0.354. The molecule has 0 N–H and O–H groups in total. The Hall–Kier alpha value is -3.06. The van der Waals surface area contributed by atoms with Crippen LogP contribution in [0.3, 0.4) is 0 Å². The van der Waals surface area contributed by atoms with Crippen molar-refractivity contribution in [3.8, 4) is 11.1 Å². The number of ether oxygens (including phenoxy) is 1. The molecule has 3 aromatic carbocycles. The summed E-state index contributed by atoms with van der Waals surface area (Å²) in [5.74, 6) is 0.0801. The van der Waals surface area contributed by atoms with Gasteiger partial charge in [-0.05, 0) is 41.3 Å². The van der Waals surface area contributed by atoms with Crippen LogP contribution >= 0.6 is 11.3 Å². The van der Waals surface area contributed by atoms with Crippen molar-refractivity contribution in [2.75, 3.05) is 44.3 Å². The van der Waals surface area contributed by atoms with Crippen LogP contribution in [0.4, 0.5) is 5.13 Å². The zero-order chi connectivity index (χ0) is 23.3. The van der Waals surface area contributed by atoms with Gasteiger partial charge < -0.3 is 4.74 Å². The normalized spacial score (nSPS) is 14.4. The average molecular weight is 472 g/mol. The minimum Gasteiger partial charge on any atom is -0.379 e. The van der Waals surface area contributed by atoms with Crippen LogP contribution in [0.1, 0.15) is 11.1 Å². The van der Waals surface area contributed by atoms with Gasteiger partial charge in [0, 0.05) is 26.2 Å². The van der Waals surface area contributed by atoms with Crippen molar-refractivity contribution < 1.29 is 9.53 Å². The van der Waals surface area contributed by atoms with Gasteiger partial charge in [-0.25, -0.2) is 4.98 Å². The van der Waals surface area contributed by atoms with Crippen molar-refractivity contribution in [2.24, 2.45) is 0 Å². The molecule has 5 nitrogen and oxygen atoms in total. The second kappa shape index (κ2) is 10.5. The van der Waals surface area contributed by atoms with Crippen molar-refractivity contribution in [1.29, 1.82) is 0 Å². The number of fused-ring (bicyclic) bond motifs is 1. The van der Waals surface area contributed by atoms with Gasteiger partial charge >= 0.3 is 0 Å². The number of hydrogen-bond acceptors (Lipinski definition) is 5. The van der Waals surface area contributed by atoms with Crippen LogP contribution in [0, 0.1) is 6.92 Å². The molecular weight excluding hydrogens is 442 g/mol. The molecule has 0 aliphatic carbocycles. The van der Waals surface area contributed by atoms with E-state index in [1.54, 1.807) is 11.3 Å². The summed E-state index contributed by atoms with van der Waals surface area (Å²) in [6, 6.07) is 24.9. The Bertz CT molecular complexity index is 1250. The summed E-state index contributed by atoms with van der Waals surface area (Å²) in [6.45, 7) is 6.84. The third-order valence-corrected chi connectivity index (χ3v) is 7.27. The molecule has 2 heterocycles. The van der Waals surface area contributed by atoms with E-state index >= 15 is 0 Å². The molecule has 6 heteroatoms. The molecule has 4 aromatic rings. The molecular formula is C28H29N3O2S. The number of benzene rings is 3. The van der Waals surface area contributed by atoms with Gasteiger partial charge in [-0.1, -0.05) is 72.0 Å². The number of morpholine rings is 1. The quantitative estimate of drug-likeness (QED) is 0.373. The van der Waals surface area contributed by atoms with Gasteiger partial charge in [-0.3, -0.25) is 14.6 Å². The topological polar surface area (TPSA) is 45.7 Å². The number of aryl methyl sites for hydroxylation is 1. The molecule has 1 aromatic heterocycles. The molecule has 0 unspecified atom stereocenters. The number of carbonyl (C=O) groups is 1. The van der Waals surface area contributed by atoms with Crippen LogP contribution in [0.5, 0.6) is 0 Å². The maximum absolute atomic E-state index is 13.5. The predicted molar refractivity (Wildman–Crippen MR) is 140 cm³/mol. The lowest BCUT2D eigenvalue weighted by Gasteiger charge is -2.29. The fraction of sp³-hybridized carbons (Fsp3) is 0.286. The average Bonchev–Trinajstić information content (AvgIpc) is 3.28. The van der Waals surface area contributed by atoms with E-state index < -0.39 is 0 Å². The van der Waals surface area contributed by atoms with Gasteiger partial charge in [0.25, 0.3) is 0 Å². The van der Waals surface area contributed by atoms with E-state index in [-0.39, 0.29) is 5.91 Å². The zero-order valence-electron chi connectivity index (χ0n) is 19.4. The Morgan fingerprint density at radius 2 is 1.74 bits per heavy atom. The lowest BCUT2D eigenvalue weighted by atomic mass is 10.0. The summed E-state index contributed by atoms with van der Waals surface area (Å²) in [7, 11) is 0. The molecule has 1 saturated heterocycles. The summed E-state index contributed by atoms with van der Waals surface area (Å²) in [5.41, 5.74) is 5.49. The smallest absolute Gasteiger partial charge is 0.233 e. The first-order valence-electron chi connectivity index (χ1n) is 11.8. The van der Waals surface area contributed by atoms with Gasteiger partial charge in [0.2, 0.25) is 5.91 Å². The minimum absolute atomic E-state index is 0.0801. The number of rotatable bonds is 7. The molecule has 1 fully saturated rings. The lowest BCUT2D eigenvalue weighted by molar-refractivity contribution is -0.118. The van der Waals surface area contributed by atoms with Crippen LogP contribution in [-0.4, -0.2) is 55.2 Å². The van der Waals surface area contributed by atoms with Gasteiger partial charge in [-0.15, -0.1) is 0 Å². The van der Waals surface area contributed by atoms with E-state index in [9.17, 15) is 4.79 Å². The SMILES string of the molecule is Cc1ccc2nc(N(CCN3CCOCC3)C(=O)Cc3ccc(-c4ccccc4)cc3)sc2c1. The maximum atomic E-state index is 13.5. The molecule has 34 heavy (non-hydrogen) atoms. The molecule has 0 spiro atoms. The van der Waals surface area contributed by atoms with Crippen molar-refractivity contribution in [3.05, 3.63) is 83.9 Å². The van der Waals surface area contributed by atoms with Gasteiger partial charge in [0.15, 0.2) is 5.13 Å². The van der Waals surface area contributed by atoms with Crippen LogP contribution in [0.25, 0.3) is 21.3 Å². The lowest BCUT2D eigenvalue weighted by Crippen LogP contribution is -2.43. The highest BCUT2D eigenvalue weighted by molar-refractivity contribution is 7.22. The number of aromatic nitrogens is 1. The van der Waals surface area contributed by atoms with E-state index in [1.807, 2.05) is 29.2 Å². The number of hydrogen-bond donors (Lipinski definition) is 0. The first-order valence-corrected chi connectivity index (χ1v) is 12.6. The number of thiazole rings is 1. The Morgan fingerprint density at radius 1 is 1.00 bits per heavy atom. The molecule has 5 rings (SSSR count). The van der Waals surface area contributed by atoms with Gasteiger partial charge in [0.1, 0.15) is 0 Å². The molecule has 1 amide bonds. The summed E-state index contributed by atoms with van der Waals surface area (Å²) >= 11 is 1.60. The molecule has 0 bridgehead atoms. The Labute approximate surface area is 204 Å². The first-order chi connectivity index (χ1) is 16.7. The van der Waals surface area contributed by atoms with Crippen molar-refractivity contribution in [2.45, 2.75) is 13.3 Å². The summed E-state index contributed by atoms with van der Waals surface area (Å²) < 4.78 is 6.59. The molecule has 0 radical (unpaired) electrons. The Kier molecular flexibility index (Phi) is 7.00. The summed E-state index contributed by atoms with van der Waals surface area (Å²) in [4.78, 5) is 22.6. The van der Waals surface area contributed by atoms with Crippen LogP contribution in [0.15, 0.2) is 72.8 Å². The Balaban J connectivity index is 1.35. The maximum Gasteiger partial charge on any atom is 0.233 e. The largest absolute Gasteiger partial charge is 0.379 e. The predicted octanol–water partition coefficient (Wildman–Crippen LogP) is 5.18. The third kappa shape index (κ3) is 5.36. The molecule has 174 valence electrons. The van der Waals surface area contributed by atoms with Gasteiger partial charge in [-0.2, -0.15) is 0 Å². The van der Waals surface area contributed by atoms with E-state index in [1.165, 1.54) is 11.1 Å². The van der Waals surface area contributed by atoms with Crippen LogP contribution < -0.4 is 4.90 Å². The fourth-order valence-corrected chi connectivity index (χ4v) is 5.35. The van der Waals surface area contributed by atoms with E-state index in [2.05, 4.69) is 60.4 Å². The van der Waals surface area contributed by atoms with Crippen LogP contribution in [-0.2, 0) is 16.0 Å². The Morgan fingerprint density at radius 3 is 2.50 bits per heavy atom. The summed E-state index contributed by atoms with van der Waals surface area (Å²) in [5, 5.41) is 0.778. The highest BCUT2D eigenvalue weighted by Gasteiger charge is 2.22. The molecule has 0 atom stereocenters. The second-order valence-corrected chi connectivity index (χ2v) is 9.72. The van der Waals surface area contributed by atoms with Gasteiger partial charge in [0.05, 0.1) is 29.9 Å². The number of nitrogens with zero attached hydrogens (tertiary/aromatic N) is 3. The monoisotopic (exact) mass is 471 g/mol. The minimum atomic E-state index is 0.0801. The number of anilines is 1. The number of carbonyl (C=O) groups excluding carboxylic acids is 1. The molecule has 1 aliphatic heterocycles. The number of amides is 1. The standard InChI is InChI=1S/C28H29N3O2S/c1-21-7-12-25-26(19-21)34-28(29-25)31(14-13-30-15-17-33-18-16-30)27(32)20-22-8-10-24(11-9-22)23-5-3-2-4-6-23/h2-12,19H,13-18,20H2,1H3. The third-order valence-electron chi connectivity index (χ3n) is 6.22. The second-order valence-electron chi connectivity index (χ2n) is 8.71. The highest BCUT2D eigenvalue weighted by Crippen LogP contribution is 2.30. The van der Waals surface area contributed by atoms with E-state index in [0.717, 1.165) is 59.3 Å². The van der Waals surface area contributed by atoms with E-state index in [4.69, 9.17) is 9.72 Å². The first kappa shape index (κ1) is 22.7. The van der Waals surface area contributed by atoms with Crippen LogP contribution in [0.2, 0.25) is 0 Å². The zero-order valence-corrected chi connectivity index (χ0v) is 20.3. The molecule has 1 aliphatic rings. The van der Waals surface area contributed by atoms with Crippen molar-refractivity contribution in [3.63, 3.8) is 0 Å².